The molecule has 51 heavy (non-hydrogen) atoms. The molecule has 5 heteroatoms. The molecule has 0 heterocycles. The number of hydrogen-bond acceptors (Lipinski definition) is 3. The zero-order valence-electron chi connectivity index (χ0n) is 30.8. The van der Waals surface area contributed by atoms with Gasteiger partial charge in [0.25, 0.3) is 0 Å². The average molecular weight is 707 g/mol. The van der Waals surface area contributed by atoms with E-state index in [9.17, 15) is 0 Å². The Morgan fingerprint density at radius 3 is 0.941 bits per heavy atom. The minimum absolute atomic E-state index is 0.121. The van der Waals surface area contributed by atoms with Gasteiger partial charge in [0.15, 0.2) is 0 Å². The largest absolute Gasteiger partial charge is 0.534 e. The second-order valence-corrected chi connectivity index (χ2v) is 23.8. The minimum atomic E-state index is -2.74. The molecule has 0 radical (unpaired) electrons. The Hall–Kier alpha value is -4.69. The number of rotatable bonds is 12. The van der Waals surface area contributed by atoms with Gasteiger partial charge in [0.05, 0.1) is 13.2 Å². The molecule has 0 aromatic heterocycles. The topological polar surface area (TPSA) is 27.7 Å². The summed E-state index contributed by atoms with van der Waals surface area (Å²) in [6.07, 6.45) is 0. The lowest BCUT2D eigenvalue weighted by molar-refractivity contribution is 0.107. The first-order chi connectivity index (χ1) is 24.5. The van der Waals surface area contributed by atoms with Crippen LogP contribution in [0.5, 0.6) is 11.5 Å². The van der Waals surface area contributed by atoms with Crippen molar-refractivity contribution in [1.82, 2.24) is 0 Å². The monoisotopic (exact) mass is 706 g/mol. The summed E-state index contributed by atoms with van der Waals surface area (Å²) in [5, 5.41) is 4.78. The Morgan fingerprint density at radius 1 is 0.373 bits per heavy atom. The highest BCUT2D eigenvalue weighted by Crippen LogP contribution is 2.39. The van der Waals surface area contributed by atoms with Crippen LogP contribution in [0.3, 0.4) is 0 Å². The zero-order chi connectivity index (χ0) is 36.0. The maximum Gasteiger partial charge on any atom is 0.319 e. The van der Waals surface area contributed by atoms with Gasteiger partial charge in [-0.05, 0) is 66.2 Å². The van der Waals surface area contributed by atoms with E-state index in [1.807, 2.05) is 0 Å². The fourth-order valence-electron chi connectivity index (χ4n) is 7.34. The lowest BCUT2D eigenvalue weighted by Gasteiger charge is -2.43. The normalized spacial score (nSPS) is 12.4. The molecule has 0 aliphatic carbocycles. The Balaban J connectivity index is 1.22. The van der Waals surface area contributed by atoms with Crippen molar-refractivity contribution >= 4 is 37.4 Å². The van der Waals surface area contributed by atoms with Gasteiger partial charge in [0.2, 0.25) is 0 Å². The van der Waals surface area contributed by atoms with Crippen LogP contribution in [-0.2, 0) is 18.0 Å². The minimum Gasteiger partial charge on any atom is -0.534 e. The van der Waals surface area contributed by atoms with Gasteiger partial charge in [-0.2, -0.15) is 0 Å². The lowest BCUT2D eigenvalue weighted by Crippen LogP contribution is -2.68. The highest BCUT2D eigenvalue weighted by molar-refractivity contribution is 7.00. The molecule has 0 unspecified atom stereocenters. The third-order valence-electron chi connectivity index (χ3n) is 9.71. The summed E-state index contributed by atoms with van der Waals surface area (Å²) in [6, 6.07) is 59.9. The van der Waals surface area contributed by atoms with Crippen LogP contribution in [0.25, 0.3) is 0 Å². The van der Waals surface area contributed by atoms with Crippen molar-refractivity contribution in [2.75, 3.05) is 0 Å². The molecule has 0 fully saturated rings. The molecule has 0 aliphatic heterocycles. The summed E-state index contributed by atoms with van der Waals surface area (Å²) in [7, 11) is -5.47. The van der Waals surface area contributed by atoms with E-state index >= 15 is 0 Å². The SMILES string of the molecule is CC(C)(C)[Si](Oc1cccc(COCc2cccc(O[Si](c3ccccc3)(c3ccccc3)C(C)(C)C)c2)c1)(c1ccccc1)c1ccccc1. The molecule has 0 aliphatic rings. The zero-order valence-corrected chi connectivity index (χ0v) is 32.8. The molecule has 260 valence electrons. The fourth-order valence-corrected chi connectivity index (χ4v) is 16.2. The van der Waals surface area contributed by atoms with Crippen LogP contribution in [0.4, 0.5) is 0 Å². The van der Waals surface area contributed by atoms with E-state index in [-0.39, 0.29) is 10.1 Å². The second-order valence-electron chi connectivity index (χ2n) is 15.3. The van der Waals surface area contributed by atoms with Crippen LogP contribution in [0.1, 0.15) is 52.7 Å². The first-order valence-electron chi connectivity index (χ1n) is 17.9. The van der Waals surface area contributed by atoms with E-state index in [1.54, 1.807) is 0 Å². The van der Waals surface area contributed by atoms with Crippen LogP contribution in [0.15, 0.2) is 170 Å². The summed E-state index contributed by atoms with van der Waals surface area (Å²) in [5.41, 5.74) is 2.15. The van der Waals surface area contributed by atoms with Gasteiger partial charge in [-0.25, -0.2) is 0 Å². The van der Waals surface area contributed by atoms with E-state index in [0.29, 0.717) is 13.2 Å². The lowest BCUT2D eigenvalue weighted by atomic mass is 10.2. The van der Waals surface area contributed by atoms with E-state index in [4.69, 9.17) is 13.6 Å². The fraction of sp³-hybridized carbons (Fsp3) is 0.217. The summed E-state index contributed by atoms with van der Waals surface area (Å²) < 4.78 is 20.9. The first-order valence-corrected chi connectivity index (χ1v) is 21.7. The molecule has 6 rings (SSSR count). The predicted octanol–water partition coefficient (Wildman–Crippen LogP) is 9.28. The van der Waals surface area contributed by atoms with Crippen LogP contribution in [0.2, 0.25) is 10.1 Å². The summed E-state index contributed by atoms with van der Waals surface area (Å²) in [6.45, 7) is 14.8. The third-order valence-corrected chi connectivity index (χ3v) is 19.6. The highest BCUT2D eigenvalue weighted by atomic mass is 28.4. The number of ether oxygens (including phenoxy) is 1. The van der Waals surface area contributed by atoms with Gasteiger partial charge >= 0.3 is 16.6 Å². The highest BCUT2D eigenvalue weighted by Gasteiger charge is 2.53. The smallest absolute Gasteiger partial charge is 0.319 e. The third kappa shape index (κ3) is 7.66. The average Bonchev–Trinajstić information content (AvgIpc) is 3.14. The maximum absolute atomic E-state index is 7.28. The summed E-state index contributed by atoms with van der Waals surface area (Å²) in [5.74, 6) is 1.73. The van der Waals surface area contributed by atoms with E-state index < -0.39 is 16.6 Å². The first kappa shape index (κ1) is 36.1. The van der Waals surface area contributed by atoms with Crippen molar-refractivity contribution in [3.8, 4) is 11.5 Å². The summed E-state index contributed by atoms with van der Waals surface area (Å²) >= 11 is 0. The molecular formula is C46H50O3Si2. The second kappa shape index (κ2) is 15.3. The Kier molecular flexibility index (Phi) is 10.8. The van der Waals surface area contributed by atoms with Crippen LogP contribution < -0.4 is 29.6 Å². The van der Waals surface area contributed by atoms with Crippen LogP contribution >= 0.6 is 0 Å². The number of hydrogen-bond donors (Lipinski definition) is 0. The maximum atomic E-state index is 7.28. The Morgan fingerprint density at radius 2 is 0.667 bits per heavy atom. The van der Waals surface area contributed by atoms with Crippen molar-refractivity contribution in [3.63, 3.8) is 0 Å². The molecule has 6 aromatic carbocycles. The molecule has 0 saturated carbocycles. The Labute approximate surface area is 307 Å². The molecule has 0 saturated heterocycles. The molecule has 0 atom stereocenters. The van der Waals surface area contributed by atoms with Crippen LogP contribution in [0, 0.1) is 0 Å². The van der Waals surface area contributed by atoms with E-state index in [0.717, 1.165) is 22.6 Å². The molecular weight excluding hydrogens is 657 g/mol. The Bertz CT molecular complexity index is 1760. The van der Waals surface area contributed by atoms with Crippen molar-refractivity contribution < 1.29 is 13.6 Å². The number of benzene rings is 6. The van der Waals surface area contributed by atoms with Crippen molar-refractivity contribution in [1.29, 1.82) is 0 Å². The van der Waals surface area contributed by atoms with Crippen molar-refractivity contribution in [2.24, 2.45) is 0 Å². The van der Waals surface area contributed by atoms with Gasteiger partial charge in [0, 0.05) is 0 Å². The van der Waals surface area contributed by atoms with Gasteiger partial charge < -0.3 is 13.6 Å². The molecule has 0 bridgehead atoms. The molecule has 0 spiro atoms. The van der Waals surface area contributed by atoms with Gasteiger partial charge in [-0.15, -0.1) is 0 Å². The van der Waals surface area contributed by atoms with Gasteiger partial charge in [0.1, 0.15) is 11.5 Å². The van der Waals surface area contributed by atoms with Crippen molar-refractivity contribution in [3.05, 3.63) is 181 Å². The quantitative estimate of drug-likeness (QED) is 0.119. The molecule has 3 nitrogen and oxygen atoms in total. The molecule has 0 amide bonds. The predicted molar refractivity (Wildman–Crippen MR) is 218 cm³/mol. The van der Waals surface area contributed by atoms with E-state index in [1.165, 1.54) is 20.7 Å². The van der Waals surface area contributed by atoms with Crippen molar-refractivity contribution in [2.45, 2.75) is 64.8 Å². The van der Waals surface area contributed by atoms with Crippen LogP contribution in [-0.4, -0.2) is 16.6 Å². The van der Waals surface area contributed by atoms with E-state index in [2.05, 4.69) is 211 Å². The summed E-state index contributed by atoms with van der Waals surface area (Å²) in [4.78, 5) is 0. The molecule has 0 N–H and O–H groups in total. The van der Waals surface area contributed by atoms with Gasteiger partial charge in [-0.3, -0.25) is 0 Å². The standard InChI is InChI=1S/C46H50O3Si2/c1-45(2,3)50(41-25-11-7-12-26-41,42-27-13-8-14-28-42)48-39-23-19-21-37(33-39)35-47-36-38-22-20-24-40(34-38)49-51(46(4,5)6,43-29-15-9-16-30-43)44-31-17-10-18-32-44/h7-34H,35-36H2,1-6H3. The van der Waals surface area contributed by atoms with Gasteiger partial charge in [-0.1, -0.05) is 187 Å². The molecule has 6 aromatic rings.